The molecule has 0 amide bonds. The van der Waals surface area contributed by atoms with E-state index in [1.165, 1.54) is 114 Å². The smallest absolute Gasteiger partial charge is 0.0720 e. The second kappa shape index (κ2) is 15.8. The molecule has 11 aromatic rings. The van der Waals surface area contributed by atoms with Crippen LogP contribution in [0.15, 0.2) is 231 Å². The Morgan fingerprint density at radius 3 is 1.56 bits per heavy atom. The van der Waals surface area contributed by atoms with Crippen LogP contribution < -0.4 is 4.90 Å². The summed E-state index contributed by atoms with van der Waals surface area (Å²) >= 11 is 0. The molecule has 0 N–H and O–H groups in total. The van der Waals surface area contributed by atoms with E-state index in [-0.39, 0.29) is 5.41 Å². The minimum atomic E-state index is -0.493. The Morgan fingerprint density at radius 2 is 0.918 bits per heavy atom. The summed E-state index contributed by atoms with van der Waals surface area (Å²) in [6.45, 7) is 7.63. The van der Waals surface area contributed by atoms with E-state index in [2.05, 4.69) is 261 Å². The van der Waals surface area contributed by atoms with E-state index in [1.807, 2.05) is 0 Å². The van der Waals surface area contributed by atoms with Gasteiger partial charge in [-0.2, -0.15) is 0 Å². The van der Waals surface area contributed by atoms with Crippen molar-refractivity contribution in [1.29, 1.82) is 0 Å². The number of rotatable bonds is 5. The highest BCUT2D eigenvalue weighted by atomic mass is 15.1. The van der Waals surface area contributed by atoms with E-state index >= 15 is 0 Å². The quantitative estimate of drug-likeness (QED) is 0.167. The molecule has 2 spiro atoms. The normalized spacial score (nSPS) is 20.7. The fourth-order valence-electron chi connectivity index (χ4n) is 15.8. The highest BCUT2D eigenvalue weighted by Crippen LogP contribution is 2.70. The lowest BCUT2D eigenvalue weighted by Gasteiger charge is -2.63. The van der Waals surface area contributed by atoms with E-state index in [0.717, 1.165) is 11.4 Å². The van der Waals surface area contributed by atoms with Gasteiger partial charge in [0.15, 0.2) is 0 Å². The topological polar surface area (TPSA) is 8.17 Å². The molecule has 0 radical (unpaired) electrons. The van der Waals surface area contributed by atoms with Gasteiger partial charge in [-0.15, -0.1) is 0 Å². The lowest BCUT2D eigenvalue weighted by molar-refractivity contribution is -0.0137. The average molecular weight is 939 g/mol. The van der Waals surface area contributed by atoms with Crippen LogP contribution in [0.25, 0.3) is 60.5 Å². The van der Waals surface area contributed by atoms with Crippen molar-refractivity contribution in [2.45, 2.75) is 57.3 Å². The third-order valence-electron chi connectivity index (χ3n) is 18.3. The number of nitrogens with zero attached hydrogens (tertiary/aromatic N) is 2. The molecular weight excluding hydrogens is 881 g/mol. The summed E-state index contributed by atoms with van der Waals surface area (Å²) in [7, 11) is 0. The standard InChI is InChI=1S/C71H58N2/c1-46-41-50-44-69(2,3)45-51(42-46)70(50)62-26-12-13-27-63(62)71(60-24-10-6-20-56(60)57-21-7-11-25-61(57)71)65-43-54(39-40-64(65)70)72(66-30-16-18-49-17-4-5-19-55(49)66)52-35-31-47(32-36-52)48-33-37-53(38-34-48)73-67-28-14-8-22-58(67)59-23-9-15-29-68(59)73/h4-40,43,46,50-51H,41-42,44-45H2,1-3H3/t46-,50+,51-,70?. The van der Waals surface area contributed by atoms with Gasteiger partial charge in [-0.3, -0.25) is 0 Å². The van der Waals surface area contributed by atoms with Crippen LogP contribution in [-0.2, 0) is 10.8 Å². The molecule has 0 aliphatic heterocycles. The van der Waals surface area contributed by atoms with Crippen molar-refractivity contribution >= 4 is 49.6 Å². The second-order valence-electron chi connectivity index (χ2n) is 22.8. The molecule has 1 aromatic heterocycles. The zero-order valence-corrected chi connectivity index (χ0v) is 41.9. The Morgan fingerprint density at radius 1 is 0.425 bits per heavy atom. The van der Waals surface area contributed by atoms with Crippen LogP contribution in [-0.4, -0.2) is 4.57 Å². The van der Waals surface area contributed by atoms with Gasteiger partial charge in [-0.1, -0.05) is 197 Å². The molecule has 15 rings (SSSR count). The highest BCUT2D eigenvalue weighted by Gasteiger charge is 2.63. The summed E-state index contributed by atoms with van der Waals surface area (Å²) in [5, 5.41) is 5.02. The molecule has 10 aromatic carbocycles. The Labute approximate surface area is 429 Å². The zero-order chi connectivity index (χ0) is 48.6. The van der Waals surface area contributed by atoms with Crippen molar-refractivity contribution < 1.29 is 0 Å². The van der Waals surface area contributed by atoms with Gasteiger partial charge in [0.05, 0.1) is 22.1 Å². The van der Waals surface area contributed by atoms with Crippen LogP contribution in [0.2, 0.25) is 0 Å². The Balaban J connectivity index is 0.935. The third-order valence-corrected chi connectivity index (χ3v) is 18.3. The molecule has 2 saturated carbocycles. The molecule has 1 unspecified atom stereocenters. The van der Waals surface area contributed by atoms with Crippen molar-refractivity contribution in [1.82, 2.24) is 4.57 Å². The molecule has 0 saturated heterocycles. The molecule has 4 aliphatic rings. The van der Waals surface area contributed by atoms with E-state index in [9.17, 15) is 0 Å². The zero-order valence-electron chi connectivity index (χ0n) is 41.9. The van der Waals surface area contributed by atoms with Gasteiger partial charge in [0.1, 0.15) is 0 Å². The fourth-order valence-corrected chi connectivity index (χ4v) is 15.8. The van der Waals surface area contributed by atoms with Gasteiger partial charge >= 0.3 is 0 Å². The summed E-state index contributed by atoms with van der Waals surface area (Å²) in [5.41, 5.74) is 20.8. The maximum atomic E-state index is 2.66. The lowest BCUT2D eigenvalue weighted by atomic mass is 9.40. The van der Waals surface area contributed by atoms with Crippen molar-refractivity contribution in [2.75, 3.05) is 4.90 Å². The molecular formula is C71H58N2. The van der Waals surface area contributed by atoms with Crippen molar-refractivity contribution in [3.05, 3.63) is 264 Å². The molecule has 2 nitrogen and oxygen atoms in total. The predicted molar refractivity (Wildman–Crippen MR) is 305 cm³/mol. The van der Waals surface area contributed by atoms with Gasteiger partial charge in [-0.05, 0) is 164 Å². The van der Waals surface area contributed by atoms with E-state index in [4.69, 9.17) is 0 Å². The van der Waals surface area contributed by atoms with Gasteiger partial charge < -0.3 is 9.47 Å². The summed E-state index contributed by atoms with van der Waals surface area (Å²) in [6, 6.07) is 87.9. The number of fused-ring (bicyclic) bond motifs is 13. The lowest BCUT2D eigenvalue weighted by Crippen LogP contribution is -2.58. The Bertz CT molecular complexity index is 3880. The molecule has 4 aliphatic carbocycles. The van der Waals surface area contributed by atoms with Gasteiger partial charge in [-0.25, -0.2) is 0 Å². The van der Waals surface area contributed by atoms with Crippen LogP contribution >= 0.6 is 0 Å². The van der Waals surface area contributed by atoms with Crippen LogP contribution in [0, 0.1) is 23.2 Å². The van der Waals surface area contributed by atoms with Crippen LogP contribution in [0.4, 0.5) is 17.1 Å². The number of benzene rings is 10. The second-order valence-corrected chi connectivity index (χ2v) is 22.8. The molecule has 352 valence electrons. The molecule has 2 fully saturated rings. The molecule has 2 heteroatoms. The molecule has 73 heavy (non-hydrogen) atoms. The van der Waals surface area contributed by atoms with Crippen LogP contribution in [0.5, 0.6) is 0 Å². The average Bonchev–Trinajstić information content (AvgIpc) is 3.92. The maximum Gasteiger partial charge on any atom is 0.0720 e. The Hall–Kier alpha value is -7.94. The van der Waals surface area contributed by atoms with Crippen molar-refractivity contribution in [2.24, 2.45) is 23.2 Å². The van der Waals surface area contributed by atoms with E-state index in [1.54, 1.807) is 11.1 Å². The van der Waals surface area contributed by atoms with Gasteiger partial charge in [0.2, 0.25) is 0 Å². The monoisotopic (exact) mass is 938 g/mol. The molecule has 2 bridgehead atoms. The van der Waals surface area contributed by atoms with Crippen molar-refractivity contribution in [3.8, 4) is 27.9 Å². The molecule has 4 atom stereocenters. The summed E-state index contributed by atoms with van der Waals surface area (Å²) < 4.78 is 2.40. The first-order valence-electron chi connectivity index (χ1n) is 26.7. The van der Waals surface area contributed by atoms with Crippen molar-refractivity contribution in [3.63, 3.8) is 0 Å². The minimum absolute atomic E-state index is 0.0900. The fraction of sp³-hybridized carbons (Fsp3) is 0.183. The molecule has 1 heterocycles. The Kier molecular flexibility index (Phi) is 9.23. The van der Waals surface area contributed by atoms with Crippen LogP contribution in [0.1, 0.15) is 79.8 Å². The van der Waals surface area contributed by atoms with Crippen LogP contribution in [0.3, 0.4) is 0 Å². The highest BCUT2D eigenvalue weighted by molar-refractivity contribution is 6.09. The number of anilines is 3. The SMILES string of the molecule is C[C@H]1C[C@@H]2CC(C)(C)C[C@H](C1)C21c2ccccc2C2(c3ccccc3-c3ccccc32)c2cc(N(c3ccc(-c4ccc(-n5c6ccccc6c6ccccc65)cc4)cc3)c3cccc4ccccc34)ccc21. The minimum Gasteiger partial charge on any atom is -0.310 e. The summed E-state index contributed by atoms with van der Waals surface area (Å²) in [5.74, 6) is 1.79. The summed E-state index contributed by atoms with van der Waals surface area (Å²) in [6.07, 6.45) is 4.99. The maximum absolute atomic E-state index is 2.66. The predicted octanol–water partition coefficient (Wildman–Crippen LogP) is 18.5. The van der Waals surface area contributed by atoms with E-state index < -0.39 is 5.41 Å². The van der Waals surface area contributed by atoms with Gasteiger partial charge in [0.25, 0.3) is 0 Å². The number of para-hydroxylation sites is 2. The number of hydrogen-bond donors (Lipinski definition) is 0. The first-order valence-corrected chi connectivity index (χ1v) is 26.7. The summed E-state index contributed by atoms with van der Waals surface area (Å²) in [4.78, 5) is 2.55. The van der Waals surface area contributed by atoms with E-state index in [0.29, 0.717) is 23.2 Å². The number of aromatic nitrogens is 1. The number of hydrogen-bond acceptors (Lipinski definition) is 1. The first kappa shape index (κ1) is 42.7. The van der Waals surface area contributed by atoms with Gasteiger partial charge in [0, 0.05) is 38.6 Å². The first-order chi connectivity index (χ1) is 35.8. The largest absolute Gasteiger partial charge is 0.310 e. The third kappa shape index (κ3) is 5.98.